The van der Waals surface area contributed by atoms with Crippen molar-refractivity contribution < 1.29 is 9.90 Å². The maximum absolute atomic E-state index is 13.1. The molecule has 0 aliphatic carbocycles. The third-order valence-electron chi connectivity index (χ3n) is 6.58. The van der Waals surface area contributed by atoms with E-state index in [-0.39, 0.29) is 12.1 Å². The van der Waals surface area contributed by atoms with Crippen LogP contribution in [-0.4, -0.2) is 73.4 Å². The van der Waals surface area contributed by atoms with Gasteiger partial charge < -0.3 is 15.3 Å². The zero-order valence-corrected chi connectivity index (χ0v) is 17.8. The summed E-state index contributed by atoms with van der Waals surface area (Å²) in [4.78, 5) is 17.2. The lowest BCUT2D eigenvalue weighted by Gasteiger charge is -2.48. The number of nitrogens with zero attached hydrogens (tertiary/aromatic N) is 6. The van der Waals surface area contributed by atoms with Crippen LogP contribution in [0.4, 0.5) is 10.5 Å². The van der Waals surface area contributed by atoms with Crippen LogP contribution < -0.4 is 5.32 Å². The molecule has 2 fully saturated rings. The van der Waals surface area contributed by atoms with Crippen LogP contribution in [0, 0.1) is 0 Å². The summed E-state index contributed by atoms with van der Waals surface area (Å²) in [7, 11) is 0. The number of piperidine rings is 1. The number of aromatic nitrogens is 4. The molecular formula is C23H27N7O2. The Hall–Kier alpha value is -3.30. The number of rotatable bonds is 4. The van der Waals surface area contributed by atoms with Crippen LogP contribution in [-0.2, 0) is 5.60 Å². The molecule has 3 heterocycles. The normalized spacial score (nSPS) is 23.9. The smallest absolute Gasteiger partial charge is 0.321 e. The molecule has 9 heteroatoms. The van der Waals surface area contributed by atoms with Crippen LogP contribution in [0.2, 0.25) is 0 Å². The van der Waals surface area contributed by atoms with Crippen molar-refractivity contribution in [2.75, 3.05) is 31.5 Å². The van der Waals surface area contributed by atoms with Crippen LogP contribution in [0.25, 0.3) is 5.69 Å². The Bertz CT molecular complexity index is 1040. The predicted octanol–water partition coefficient (Wildman–Crippen LogP) is 2.25. The van der Waals surface area contributed by atoms with Gasteiger partial charge in [-0.2, -0.15) is 0 Å². The first-order valence-electron chi connectivity index (χ1n) is 11.0. The average molecular weight is 434 g/mol. The number of carbonyl (C=O) groups is 1. The Kier molecular flexibility index (Phi) is 5.59. The highest BCUT2D eigenvalue weighted by Gasteiger charge is 2.47. The third-order valence-corrected chi connectivity index (χ3v) is 6.58. The molecule has 166 valence electrons. The molecule has 0 spiro atoms. The number of urea groups is 1. The second-order valence-corrected chi connectivity index (χ2v) is 8.48. The number of amides is 2. The SMILES string of the molecule is O=C(Nc1ccc(-n2cnnn2)cc1)N1CC[C@](O)(c2ccccc2)[C@H](N2CCCC2)C1. The summed E-state index contributed by atoms with van der Waals surface area (Å²) in [5, 5.41) is 25.9. The van der Waals surface area contributed by atoms with Crippen molar-refractivity contribution in [3.8, 4) is 5.69 Å². The van der Waals surface area contributed by atoms with Crippen molar-refractivity contribution in [3.05, 3.63) is 66.5 Å². The molecule has 9 nitrogen and oxygen atoms in total. The monoisotopic (exact) mass is 433 g/mol. The van der Waals surface area contributed by atoms with Crippen molar-refractivity contribution in [1.29, 1.82) is 0 Å². The van der Waals surface area contributed by atoms with E-state index in [1.54, 1.807) is 4.68 Å². The second-order valence-electron chi connectivity index (χ2n) is 8.48. The van der Waals surface area contributed by atoms with Crippen molar-refractivity contribution in [2.45, 2.75) is 30.9 Å². The van der Waals surface area contributed by atoms with Crippen LogP contribution in [0.1, 0.15) is 24.8 Å². The summed E-state index contributed by atoms with van der Waals surface area (Å²) in [6.45, 7) is 2.88. The van der Waals surface area contributed by atoms with Crippen LogP contribution >= 0.6 is 0 Å². The molecule has 0 unspecified atom stereocenters. The number of benzene rings is 2. The average Bonchev–Trinajstić information content (AvgIpc) is 3.55. The summed E-state index contributed by atoms with van der Waals surface area (Å²) in [5.74, 6) is 0. The van der Waals surface area contributed by atoms with E-state index < -0.39 is 5.60 Å². The van der Waals surface area contributed by atoms with Gasteiger partial charge in [0.2, 0.25) is 0 Å². The van der Waals surface area contributed by atoms with Gasteiger partial charge in [0.15, 0.2) is 0 Å². The zero-order chi connectivity index (χ0) is 22.0. The number of likely N-dealkylation sites (tertiary alicyclic amines) is 2. The summed E-state index contributed by atoms with van der Waals surface area (Å²) in [6, 6.07) is 17.0. The van der Waals surface area contributed by atoms with E-state index in [1.807, 2.05) is 59.5 Å². The quantitative estimate of drug-likeness (QED) is 0.655. The number of anilines is 1. The molecule has 5 rings (SSSR count). The van der Waals surface area contributed by atoms with Gasteiger partial charge in [0.25, 0.3) is 0 Å². The summed E-state index contributed by atoms with van der Waals surface area (Å²) in [6.07, 6.45) is 4.28. The van der Waals surface area contributed by atoms with Gasteiger partial charge >= 0.3 is 6.03 Å². The summed E-state index contributed by atoms with van der Waals surface area (Å²) >= 11 is 0. The van der Waals surface area contributed by atoms with E-state index >= 15 is 0 Å². The highest BCUT2D eigenvalue weighted by molar-refractivity contribution is 5.89. The first-order chi connectivity index (χ1) is 15.6. The van der Waals surface area contributed by atoms with Gasteiger partial charge in [-0.05, 0) is 72.6 Å². The fourth-order valence-electron chi connectivity index (χ4n) is 4.82. The van der Waals surface area contributed by atoms with Gasteiger partial charge in [-0.25, -0.2) is 9.48 Å². The minimum absolute atomic E-state index is 0.130. The number of nitrogens with one attached hydrogen (secondary N) is 1. The molecule has 2 saturated heterocycles. The van der Waals surface area contributed by atoms with Gasteiger partial charge in [0.05, 0.1) is 11.7 Å². The number of aliphatic hydroxyl groups is 1. The Morgan fingerprint density at radius 3 is 2.47 bits per heavy atom. The predicted molar refractivity (Wildman–Crippen MR) is 119 cm³/mol. The van der Waals surface area contributed by atoms with Gasteiger partial charge in [-0.15, -0.1) is 5.10 Å². The van der Waals surface area contributed by atoms with Crippen molar-refractivity contribution in [3.63, 3.8) is 0 Å². The van der Waals surface area contributed by atoms with Gasteiger partial charge in [0, 0.05) is 18.8 Å². The lowest BCUT2D eigenvalue weighted by atomic mass is 9.79. The molecule has 2 amide bonds. The molecule has 2 atom stereocenters. The molecule has 1 aromatic heterocycles. The molecule has 2 aliphatic heterocycles. The Morgan fingerprint density at radius 2 is 1.78 bits per heavy atom. The van der Waals surface area contributed by atoms with E-state index in [2.05, 4.69) is 25.7 Å². The molecule has 32 heavy (non-hydrogen) atoms. The number of hydrogen-bond acceptors (Lipinski definition) is 6. The largest absolute Gasteiger partial charge is 0.383 e. The topological polar surface area (TPSA) is 99.4 Å². The molecule has 2 aliphatic rings. The molecule has 0 saturated carbocycles. The number of tetrazole rings is 1. The maximum atomic E-state index is 13.1. The van der Waals surface area contributed by atoms with E-state index in [9.17, 15) is 9.90 Å². The molecule has 0 bridgehead atoms. The second kappa shape index (κ2) is 8.68. The van der Waals surface area contributed by atoms with Gasteiger partial charge in [-0.3, -0.25) is 4.90 Å². The minimum atomic E-state index is -0.962. The molecule has 2 aromatic carbocycles. The summed E-state index contributed by atoms with van der Waals surface area (Å²) < 4.78 is 1.56. The lowest BCUT2D eigenvalue weighted by Crippen LogP contribution is -2.61. The van der Waals surface area contributed by atoms with E-state index in [0.717, 1.165) is 37.2 Å². The number of hydrogen-bond donors (Lipinski definition) is 2. The molecule has 2 N–H and O–H groups in total. The first-order valence-corrected chi connectivity index (χ1v) is 11.0. The first kappa shape index (κ1) is 20.6. The van der Waals surface area contributed by atoms with Gasteiger partial charge in [-0.1, -0.05) is 30.3 Å². The van der Waals surface area contributed by atoms with Crippen LogP contribution in [0.15, 0.2) is 60.9 Å². The van der Waals surface area contributed by atoms with Crippen molar-refractivity contribution in [1.82, 2.24) is 30.0 Å². The van der Waals surface area contributed by atoms with E-state index in [4.69, 9.17) is 0 Å². The Morgan fingerprint density at radius 1 is 1.03 bits per heavy atom. The zero-order valence-electron chi connectivity index (χ0n) is 17.8. The summed E-state index contributed by atoms with van der Waals surface area (Å²) in [5.41, 5.74) is 1.48. The molecule has 3 aromatic rings. The van der Waals surface area contributed by atoms with Crippen molar-refractivity contribution >= 4 is 11.7 Å². The highest BCUT2D eigenvalue weighted by Crippen LogP contribution is 2.37. The minimum Gasteiger partial charge on any atom is -0.383 e. The fourth-order valence-corrected chi connectivity index (χ4v) is 4.82. The standard InChI is InChI=1S/C23H27N7O2/c31-22(25-19-8-10-20(11-9-19)30-17-24-26-27-30)29-15-12-23(32,18-6-2-1-3-7-18)21(16-29)28-13-4-5-14-28/h1-3,6-11,17,21,32H,4-5,12-16H2,(H,25,31)/t21-,23+/m1/s1. The maximum Gasteiger partial charge on any atom is 0.321 e. The van der Waals surface area contributed by atoms with E-state index in [1.165, 1.54) is 6.33 Å². The highest BCUT2D eigenvalue weighted by atomic mass is 16.3. The lowest BCUT2D eigenvalue weighted by molar-refractivity contribution is -0.0854. The fraction of sp³-hybridized carbons (Fsp3) is 0.391. The van der Waals surface area contributed by atoms with Crippen LogP contribution in [0.3, 0.4) is 0 Å². The Balaban J connectivity index is 1.31. The van der Waals surface area contributed by atoms with E-state index in [0.29, 0.717) is 25.2 Å². The molecule has 0 radical (unpaired) electrons. The number of carbonyl (C=O) groups excluding carboxylic acids is 1. The van der Waals surface area contributed by atoms with Crippen LogP contribution in [0.5, 0.6) is 0 Å². The third kappa shape index (κ3) is 3.96. The Labute approximate surface area is 186 Å². The molecular weight excluding hydrogens is 406 g/mol. The van der Waals surface area contributed by atoms with Gasteiger partial charge in [0.1, 0.15) is 11.9 Å². The van der Waals surface area contributed by atoms with Crippen molar-refractivity contribution in [2.24, 2.45) is 0 Å².